The number of thiazole rings is 1. The van der Waals surface area contributed by atoms with E-state index in [9.17, 15) is 9.90 Å². The van der Waals surface area contributed by atoms with Gasteiger partial charge in [0.25, 0.3) is 0 Å². The summed E-state index contributed by atoms with van der Waals surface area (Å²) in [5, 5.41) is 16.9. The number of aliphatic hydroxyl groups is 1. The van der Waals surface area contributed by atoms with E-state index in [4.69, 9.17) is 4.98 Å². The SMILES string of the molecule is O=C(NCCCc1nc2c(s1)CCCC2)NC1CCCCC1O. The molecule has 2 aliphatic rings. The number of aliphatic hydroxyl groups excluding tert-OH is 1. The number of aromatic nitrogens is 1. The summed E-state index contributed by atoms with van der Waals surface area (Å²) >= 11 is 1.85. The Kier molecular flexibility index (Phi) is 5.89. The highest BCUT2D eigenvalue weighted by Crippen LogP contribution is 2.27. The molecule has 1 aromatic rings. The minimum Gasteiger partial charge on any atom is -0.391 e. The van der Waals surface area contributed by atoms with Gasteiger partial charge in [0.2, 0.25) is 0 Å². The molecule has 2 aliphatic carbocycles. The van der Waals surface area contributed by atoms with Crippen molar-refractivity contribution in [3.63, 3.8) is 0 Å². The highest BCUT2D eigenvalue weighted by atomic mass is 32.1. The van der Waals surface area contributed by atoms with Crippen LogP contribution in [0.25, 0.3) is 0 Å². The van der Waals surface area contributed by atoms with Crippen LogP contribution in [0.1, 0.15) is 60.5 Å². The molecule has 1 aromatic heterocycles. The Hall–Kier alpha value is -1.14. The van der Waals surface area contributed by atoms with Gasteiger partial charge in [0.05, 0.1) is 22.8 Å². The van der Waals surface area contributed by atoms with E-state index in [0.717, 1.165) is 44.9 Å². The van der Waals surface area contributed by atoms with Gasteiger partial charge in [-0.2, -0.15) is 0 Å². The first kappa shape index (κ1) is 16.7. The van der Waals surface area contributed by atoms with Crippen LogP contribution in [0.3, 0.4) is 0 Å². The Bertz CT molecular complexity index is 508. The maximum Gasteiger partial charge on any atom is 0.315 e. The van der Waals surface area contributed by atoms with Crippen LogP contribution in [-0.4, -0.2) is 34.8 Å². The van der Waals surface area contributed by atoms with E-state index < -0.39 is 6.10 Å². The molecule has 1 saturated carbocycles. The number of aryl methyl sites for hydroxylation is 3. The first-order chi connectivity index (χ1) is 11.2. The molecule has 23 heavy (non-hydrogen) atoms. The van der Waals surface area contributed by atoms with Crippen LogP contribution in [-0.2, 0) is 19.3 Å². The number of hydrogen-bond acceptors (Lipinski definition) is 4. The topological polar surface area (TPSA) is 74.2 Å². The standard InChI is InChI=1S/C17H27N3O2S/c21-14-8-3-1-6-12(14)20-17(22)18-11-5-10-16-19-13-7-2-4-9-15(13)23-16/h12,14,21H,1-11H2,(H2,18,20,22). The Morgan fingerprint density at radius 2 is 2.04 bits per heavy atom. The van der Waals surface area contributed by atoms with Crippen LogP contribution < -0.4 is 10.6 Å². The second-order valence-electron chi connectivity index (χ2n) is 6.65. The summed E-state index contributed by atoms with van der Waals surface area (Å²) in [6, 6.07) is -0.246. The summed E-state index contributed by atoms with van der Waals surface area (Å²) in [6.45, 7) is 0.652. The lowest BCUT2D eigenvalue weighted by Crippen LogP contribution is -2.49. The van der Waals surface area contributed by atoms with Gasteiger partial charge in [-0.25, -0.2) is 9.78 Å². The lowest BCUT2D eigenvalue weighted by atomic mass is 9.93. The third-order valence-electron chi connectivity index (χ3n) is 4.79. The first-order valence-electron chi connectivity index (χ1n) is 8.92. The Morgan fingerprint density at radius 3 is 2.87 bits per heavy atom. The zero-order valence-corrected chi connectivity index (χ0v) is 14.5. The van der Waals surface area contributed by atoms with E-state index >= 15 is 0 Å². The zero-order valence-electron chi connectivity index (χ0n) is 13.6. The van der Waals surface area contributed by atoms with Gasteiger partial charge in [-0.1, -0.05) is 12.8 Å². The largest absolute Gasteiger partial charge is 0.391 e. The Morgan fingerprint density at radius 1 is 1.22 bits per heavy atom. The minimum absolute atomic E-state index is 0.0885. The van der Waals surface area contributed by atoms with Gasteiger partial charge in [-0.3, -0.25) is 0 Å². The van der Waals surface area contributed by atoms with Crippen molar-refractivity contribution in [1.29, 1.82) is 0 Å². The molecule has 6 heteroatoms. The van der Waals surface area contributed by atoms with Gasteiger partial charge < -0.3 is 15.7 Å². The van der Waals surface area contributed by atoms with Crippen LogP contribution in [0.5, 0.6) is 0 Å². The van der Waals surface area contributed by atoms with Crippen molar-refractivity contribution in [3.05, 3.63) is 15.6 Å². The van der Waals surface area contributed by atoms with Crippen LogP contribution in [0.15, 0.2) is 0 Å². The quantitative estimate of drug-likeness (QED) is 0.723. The molecule has 1 heterocycles. The van der Waals surface area contributed by atoms with Crippen LogP contribution in [0, 0.1) is 0 Å². The van der Waals surface area contributed by atoms with Crippen molar-refractivity contribution >= 4 is 17.4 Å². The lowest BCUT2D eigenvalue weighted by molar-refractivity contribution is 0.0943. The van der Waals surface area contributed by atoms with Crippen molar-refractivity contribution in [2.24, 2.45) is 0 Å². The van der Waals surface area contributed by atoms with Crippen LogP contribution >= 0.6 is 11.3 Å². The zero-order chi connectivity index (χ0) is 16.1. The second kappa shape index (κ2) is 8.11. The summed E-state index contributed by atoms with van der Waals surface area (Å²) < 4.78 is 0. The number of amides is 2. The number of hydrogen-bond donors (Lipinski definition) is 3. The van der Waals surface area contributed by atoms with E-state index in [1.54, 1.807) is 0 Å². The number of nitrogens with one attached hydrogen (secondary N) is 2. The molecule has 3 rings (SSSR count). The molecule has 2 amide bonds. The summed E-state index contributed by atoms with van der Waals surface area (Å²) in [6.07, 6.45) is 10.1. The van der Waals surface area contributed by atoms with Gasteiger partial charge in [-0.15, -0.1) is 11.3 Å². The first-order valence-corrected chi connectivity index (χ1v) is 9.74. The number of fused-ring (bicyclic) bond motifs is 1. The highest BCUT2D eigenvalue weighted by Gasteiger charge is 2.24. The van der Waals surface area contributed by atoms with Crippen molar-refractivity contribution < 1.29 is 9.90 Å². The van der Waals surface area contributed by atoms with Crippen molar-refractivity contribution in [2.45, 2.75) is 76.4 Å². The monoisotopic (exact) mass is 337 g/mol. The maximum atomic E-state index is 11.9. The van der Waals surface area contributed by atoms with Crippen molar-refractivity contribution in [2.75, 3.05) is 6.54 Å². The molecular weight excluding hydrogens is 310 g/mol. The fourth-order valence-electron chi connectivity index (χ4n) is 3.45. The average molecular weight is 337 g/mol. The number of rotatable bonds is 5. The third kappa shape index (κ3) is 4.67. The van der Waals surface area contributed by atoms with E-state index in [2.05, 4.69) is 10.6 Å². The summed E-state index contributed by atoms with van der Waals surface area (Å²) in [5.41, 5.74) is 1.31. The summed E-state index contributed by atoms with van der Waals surface area (Å²) in [5.74, 6) is 0. The molecule has 3 N–H and O–H groups in total. The van der Waals surface area contributed by atoms with Gasteiger partial charge >= 0.3 is 6.03 Å². The lowest BCUT2D eigenvalue weighted by Gasteiger charge is -2.28. The molecule has 2 unspecified atom stereocenters. The molecule has 0 aliphatic heterocycles. The number of nitrogens with zero attached hydrogens (tertiary/aromatic N) is 1. The molecule has 0 spiro atoms. The summed E-state index contributed by atoms with van der Waals surface area (Å²) in [7, 11) is 0. The average Bonchev–Trinajstić information content (AvgIpc) is 2.96. The van der Waals surface area contributed by atoms with Crippen molar-refractivity contribution in [1.82, 2.24) is 15.6 Å². The number of carbonyl (C=O) groups excluding carboxylic acids is 1. The number of carbonyl (C=O) groups is 1. The van der Waals surface area contributed by atoms with Gasteiger partial charge in [0.15, 0.2) is 0 Å². The van der Waals surface area contributed by atoms with E-state index in [1.165, 1.54) is 34.8 Å². The Labute approximate surface area is 141 Å². The third-order valence-corrected chi connectivity index (χ3v) is 6.01. The second-order valence-corrected chi connectivity index (χ2v) is 7.81. The molecule has 1 fully saturated rings. The van der Waals surface area contributed by atoms with Gasteiger partial charge in [-0.05, 0) is 44.9 Å². The minimum atomic E-state index is -0.392. The van der Waals surface area contributed by atoms with Crippen LogP contribution in [0.2, 0.25) is 0 Å². The maximum absolute atomic E-state index is 11.9. The molecule has 2 atom stereocenters. The predicted molar refractivity (Wildman–Crippen MR) is 91.9 cm³/mol. The Balaban J connectivity index is 1.34. The fourth-order valence-corrected chi connectivity index (χ4v) is 4.65. The molecule has 5 nitrogen and oxygen atoms in total. The van der Waals surface area contributed by atoms with E-state index in [0.29, 0.717) is 6.54 Å². The molecule has 0 saturated heterocycles. The molecule has 0 aromatic carbocycles. The van der Waals surface area contributed by atoms with Gasteiger partial charge in [0, 0.05) is 17.8 Å². The number of urea groups is 1. The van der Waals surface area contributed by atoms with Gasteiger partial charge in [0.1, 0.15) is 0 Å². The van der Waals surface area contributed by atoms with E-state index in [1.807, 2.05) is 11.3 Å². The highest BCUT2D eigenvalue weighted by molar-refractivity contribution is 7.11. The van der Waals surface area contributed by atoms with Crippen LogP contribution in [0.4, 0.5) is 4.79 Å². The summed E-state index contributed by atoms with van der Waals surface area (Å²) in [4.78, 5) is 18.1. The smallest absolute Gasteiger partial charge is 0.315 e. The molecular formula is C17H27N3O2S. The normalized spacial score (nSPS) is 24.0. The predicted octanol–water partition coefficient (Wildman–Crippen LogP) is 2.56. The molecule has 0 radical (unpaired) electrons. The fraction of sp³-hybridized carbons (Fsp3) is 0.765. The van der Waals surface area contributed by atoms with E-state index in [-0.39, 0.29) is 12.1 Å². The van der Waals surface area contributed by atoms with Crippen molar-refractivity contribution in [3.8, 4) is 0 Å². The molecule has 128 valence electrons. The molecule has 0 bridgehead atoms.